The second-order valence-corrected chi connectivity index (χ2v) is 3.48. The molecule has 0 amide bonds. The van der Waals surface area contributed by atoms with Crippen molar-refractivity contribution in [3.05, 3.63) is 30.6 Å². The predicted octanol–water partition coefficient (Wildman–Crippen LogP) is 1.70. The highest BCUT2D eigenvalue weighted by Gasteiger charge is 2.10. The molecular weight excluding hydrogens is 184 g/mol. The molecule has 0 spiro atoms. The van der Waals surface area contributed by atoms with Crippen molar-refractivity contribution in [2.24, 2.45) is 7.05 Å². The number of hydrogen-bond donors (Lipinski definition) is 0. The zero-order valence-corrected chi connectivity index (χ0v) is 8.33. The zero-order chi connectivity index (χ0) is 9.26. The fraction of sp³-hybridized carbons (Fsp3) is 0.300. The molecule has 1 aromatic carbocycles. The molecule has 0 atom stereocenters. The summed E-state index contributed by atoms with van der Waals surface area (Å²) >= 11 is 5.72. The van der Waals surface area contributed by atoms with Crippen LogP contribution in [0, 0.1) is 0 Å². The standard InChI is InChI=1S/C10H12ClN2/c1-12-8-13(7-6-11)10-5-3-2-4-9(10)12/h2-5,8H,6-7H2,1H3/q+1. The topological polar surface area (TPSA) is 8.81 Å². The van der Waals surface area contributed by atoms with Gasteiger partial charge in [0, 0.05) is 0 Å². The van der Waals surface area contributed by atoms with Gasteiger partial charge in [0.2, 0.25) is 6.33 Å². The molecule has 0 bridgehead atoms. The molecule has 3 heteroatoms. The first-order valence-electron chi connectivity index (χ1n) is 4.32. The van der Waals surface area contributed by atoms with Crippen LogP contribution in [0.2, 0.25) is 0 Å². The van der Waals surface area contributed by atoms with Gasteiger partial charge >= 0.3 is 0 Å². The SMILES string of the molecule is C[n+]1cn(CCCl)c2ccccc21. The van der Waals surface area contributed by atoms with Crippen LogP contribution in [0.3, 0.4) is 0 Å². The largest absolute Gasteiger partial charge is 0.244 e. The van der Waals surface area contributed by atoms with E-state index in [0.29, 0.717) is 5.88 Å². The van der Waals surface area contributed by atoms with Gasteiger partial charge in [-0.25, -0.2) is 9.13 Å². The van der Waals surface area contributed by atoms with Gasteiger partial charge in [-0.3, -0.25) is 0 Å². The molecule has 0 aliphatic carbocycles. The quantitative estimate of drug-likeness (QED) is 0.510. The molecule has 0 saturated heterocycles. The Kier molecular flexibility index (Phi) is 2.23. The molecule has 68 valence electrons. The lowest BCUT2D eigenvalue weighted by atomic mass is 10.3. The van der Waals surface area contributed by atoms with Crippen LogP contribution in [0.25, 0.3) is 11.0 Å². The summed E-state index contributed by atoms with van der Waals surface area (Å²) in [7, 11) is 2.05. The molecule has 0 fully saturated rings. The van der Waals surface area contributed by atoms with Gasteiger partial charge in [0.25, 0.3) is 0 Å². The zero-order valence-electron chi connectivity index (χ0n) is 7.57. The van der Waals surface area contributed by atoms with E-state index in [2.05, 4.69) is 27.6 Å². The van der Waals surface area contributed by atoms with E-state index in [1.54, 1.807) is 0 Å². The first kappa shape index (κ1) is 8.57. The molecule has 2 nitrogen and oxygen atoms in total. The Bertz CT molecular complexity index is 420. The van der Waals surface area contributed by atoms with E-state index in [4.69, 9.17) is 11.6 Å². The third kappa shape index (κ3) is 1.42. The number of alkyl halides is 1. The fourth-order valence-electron chi connectivity index (χ4n) is 1.61. The number of halogens is 1. The van der Waals surface area contributed by atoms with Gasteiger partial charge in [-0.1, -0.05) is 12.1 Å². The van der Waals surface area contributed by atoms with Crippen molar-refractivity contribution in [2.75, 3.05) is 5.88 Å². The summed E-state index contributed by atoms with van der Waals surface area (Å²) in [4.78, 5) is 0. The third-order valence-electron chi connectivity index (χ3n) is 2.21. The maximum absolute atomic E-state index is 5.72. The van der Waals surface area contributed by atoms with Gasteiger partial charge in [-0.2, -0.15) is 0 Å². The molecule has 2 rings (SSSR count). The lowest BCUT2D eigenvalue weighted by Gasteiger charge is -1.90. The summed E-state index contributed by atoms with van der Waals surface area (Å²) in [5.74, 6) is 0.651. The number of hydrogen-bond acceptors (Lipinski definition) is 0. The number of nitrogens with zero attached hydrogens (tertiary/aromatic N) is 2. The Morgan fingerprint density at radius 3 is 2.92 bits per heavy atom. The van der Waals surface area contributed by atoms with Crippen molar-refractivity contribution in [2.45, 2.75) is 6.54 Å². The number of aromatic nitrogens is 2. The molecule has 0 aliphatic heterocycles. The minimum Gasteiger partial charge on any atom is -0.233 e. The van der Waals surface area contributed by atoms with E-state index in [9.17, 15) is 0 Å². The van der Waals surface area contributed by atoms with Crippen molar-refractivity contribution in [1.29, 1.82) is 0 Å². The first-order chi connectivity index (χ1) is 6.33. The smallest absolute Gasteiger partial charge is 0.233 e. The number of imidazole rings is 1. The molecule has 0 saturated carbocycles. The van der Waals surface area contributed by atoms with Crippen LogP contribution < -0.4 is 4.57 Å². The molecular formula is C10H12ClN2+. The van der Waals surface area contributed by atoms with Gasteiger partial charge in [-0.15, -0.1) is 11.6 Å². The van der Waals surface area contributed by atoms with Crippen molar-refractivity contribution >= 4 is 22.6 Å². The predicted molar refractivity (Wildman–Crippen MR) is 53.8 cm³/mol. The van der Waals surface area contributed by atoms with Crippen LogP contribution in [0.1, 0.15) is 0 Å². The van der Waals surface area contributed by atoms with Gasteiger partial charge < -0.3 is 0 Å². The second kappa shape index (κ2) is 3.38. The summed E-state index contributed by atoms with van der Waals surface area (Å²) in [6.07, 6.45) is 2.08. The Morgan fingerprint density at radius 2 is 2.15 bits per heavy atom. The fourth-order valence-corrected chi connectivity index (χ4v) is 1.79. The van der Waals surface area contributed by atoms with Crippen LogP contribution in [0.5, 0.6) is 0 Å². The van der Waals surface area contributed by atoms with Crippen molar-refractivity contribution in [1.82, 2.24) is 4.57 Å². The molecule has 0 unspecified atom stereocenters. The third-order valence-corrected chi connectivity index (χ3v) is 2.38. The number of benzene rings is 1. The average Bonchev–Trinajstić information content (AvgIpc) is 2.46. The van der Waals surface area contributed by atoms with E-state index in [-0.39, 0.29) is 0 Å². The molecule has 1 aromatic heterocycles. The highest BCUT2D eigenvalue weighted by atomic mass is 35.5. The minimum atomic E-state index is 0.651. The summed E-state index contributed by atoms with van der Waals surface area (Å²) in [5.41, 5.74) is 2.48. The van der Waals surface area contributed by atoms with Crippen LogP contribution in [-0.2, 0) is 13.6 Å². The lowest BCUT2D eigenvalue weighted by Crippen LogP contribution is -2.25. The van der Waals surface area contributed by atoms with Gasteiger partial charge in [0.05, 0.1) is 12.9 Å². The Balaban J connectivity index is 2.63. The number of para-hydroxylation sites is 2. The van der Waals surface area contributed by atoms with E-state index < -0.39 is 0 Å². The molecule has 13 heavy (non-hydrogen) atoms. The summed E-state index contributed by atoms with van der Waals surface area (Å²) < 4.78 is 4.28. The van der Waals surface area contributed by atoms with Crippen molar-refractivity contribution in [3.63, 3.8) is 0 Å². The maximum Gasteiger partial charge on any atom is 0.244 e. The molecule has 1 heterocycles. The monoisotopic (exact) mass is 195 g/mol. The second-order valence-electron chi connectivity index (χ2n) is 3.10. The van der Waals surface area contributed by atoms with Gasteiger partial charge in [0.1, 0.15) is 6.54 Å². The maximum atomic E-state index is 5.72. The van der Waals surface area contributed by atoms with Crippen molar-refractivity contribution < 1.29 is 4.57 Å². The molecule has 0 N–H and O–H groups in total. The van der Waals surface area contributed by atoms with Crippen LogP contribution in [0.4, 0.5) is 0 Å². The summed E-state index contributed by atoms with van der Waals surface area (Å²) in [5, 5.41) is 0. The molecule has 0 radical (unpaired) electrons. The van der Waals surface area contributed by atoms with E-state index >= 15 is 0 Å². The van der Waals surface area contributed by atoms with Crippen LogP contribution in [0.15, 0.2) is 30.6 Å². The highest BCUT2D eigenvalue weighted by Crippen LogP contribution is 2.09. The number of rotatable bonds is 2. The summed E-state index contributed by atoms with van der Waals surface area (Å²) in [6.45, 7) is 0.864. The van der Waals surface area contributed by atoms with E-state index in [1.165, 1.54) is 11.0 Å². The van der Waals surface area contributed by atoms with Crippen LogP contribution >= 0.6 is 11.6 Å². The average molecular weight is 196 g/mol. The number of fused-ring (bicyclic) bond motifs is 1. The Hall–Kier alpha value is -1.02. The Morgan fingerprint density at radius 1 is 1.38 bits per heavy atom. The number of aryl methyl sites for hydroxylation is 2. The summed E-state index contributed by atoms with van der Waals surface area (Å²) in [6, 6.07) is 8.32. The first-order valence-corrected chi connectivity index (χ1v) is 4.86. The molecule has 0 aliphatic rings. The van der Waals surface area contributed by atoms with Crippen molar-refractivity contribution in [3.8, 4) is 0 Å². The van der Waals surface area contributed by atoms with Crippen LogP contribution in [-0.4, -0.2) is 10.4 Å². The minimum absolute atomic E-state index is 0.651. The van der Waals surface area contributed by atoms with Gasteiger partial charge in [-0.05, 0) is 12.1 Å². The highest BCUT2D eigenvalue weighted by molar-refractivity contribution is 6.17. The van der Waals surface area contributed by atoms with E-state index in [1.807, 2.05) is 19.2 Å². The van der Waals surface area contributed by atoms with Gasteiger partial charge in [0.15, 0.2) is 11.0 Å². The Labute approximate surface area is 82.4 Å². The van der Waals surface area contributed by atoms with E-state index in [0.717, 1.165) is 6.54 Å². The normalized spacial score (nSPS) is 10.9. The molecule has 2 aromatic rings. The lowest BCUT2D eigenvalue weighted by molar-refractivity contribution is -0.645.